The Morgan fingerprint density at radius 3 is 2.68 bits per heavy atom. The molecule has 1 unspecified atom stereocenters. The van der Waals surface area contributed by atoms with Crippen LogP contribution in [0, 0.1) is 0 Å². The molecule has 1 rings (SSSR count). The molecule has 0 aliphatic carbocycles. The fraction of sp³-hybridized carbons (Fsp3) is 0.615. The summed E-state index contributed by atoms with van der Waals surface area (Å²) in [6.07, 6.45) is 5.06. The van der Waals surface area contributed by atoms with Crippen LogP contribution in [-0.2, 0) is 9.59 Å². The number of carbonyl (C=O) groups is 3. The van der Waals surface area contributed by atoms with E-state index in [1.165, 1.54) is 0 Å². The van der Waals surface area contributed by atoms with Crippen LogP contribution in [0.3, 0.4) is 0 Å². The van der Waals surface area contributed by atoms with E-state index < -0.39 is 11.6 Å². The average molecular weight is 267 g/mol. The van der Waals surface area contributed by atoms with E-state index >= 15 is 0 Å². The highest BCUT2D eigenvalue weighted by Gasteiger charge is 2.46. The summed E-state index contributed by atoms with van der Waals surface area (Å²) >= 11 is 0. The molecule has 19 heavy (non-hydrogen) atoms. The van der Waals surface area contributed by atoms with Gasteiger partial charge in [-0.25, -0.2) is 4.79 Å². The zero-order valence-corrected chi connectivity index (χ0v) is 11.7. The van der Waals surface area contributed by atoms with Gasteiger partial charge in [-0.3, -0.25) is 14.5 Å². The number of amides is 4. The quantitative estimate of drug-likeness (QED) is 0.424. The van der Waals surface area contributed by atoms with Gasteiger partial charge in [0.25, 0.3) is 5.91 Å². The first-order valence-corrected chi connectivity index (χ1v) is 6.46. The lowest BCUT2D eigenvalue weighted by molar-refractivity contribution is -0.134. The Labute approximate surface area is 113 Å². The lowest BCUT2D eigenvalue weighted by Gasteiger charge is -2.19. The molecule has 0 aromatic carbocycles. The molecule has 1 atom stereocenters. The molecule has 0 saturated carbocycles. The monoisotopic (exact) mass is 267 g/mol. The maximum absolute atomic E-state index is 12.0. The summed E-state index contributed by atoms with van der Waals surface area (Å²) in [5, 5.41) is 5.27. The van der Waals surface area contributed by atoms with E-state index in [1.54, 1.807) is 6.92 Å². The van der Waals surface area contributed by atoms with Gasteiger partial charge >= 0.3 is 6.03 Å². The van der Waals surface area contributed by atoms with Crippen LogP contribution in [-0.4, -0.2) is 41.4 Å². The van der Waals surface area contributed by atoms with Gasteiger partial charge in [-0.05, 0) is 26.7 Å². The number of hydrogen-bond donors (Lipinski definition) is 2. The predicted molar refractivity (Wildman–Crippen MR) is 71.4 cm³/mol. The van der Waals surface area contributed by atoms with E-state index in [-0.39, 0.29) is 18.4 Å². The maximum Gasteiger partial charge on any atom is 0.325 e. The largest absolute Gasteiger partial charge is 0.354 e. The molecule has 1 aliphatic heterocycles. The number of hydrogen-bond acceptors (Lipinski definition) is 3. The lowest BCUT2D eigenvalue weighted by Crippen LogP contribution is -2.44. The van der Waals surface area contributed by atoms with Crippen LogP contribution in [0.2, 0.25) is 0 Å². The van der Waals surface area contributed by atoms with Crippen LogP contribution in [0.25, 0.3) is 0 Å². The summed E-state index contributed by atoms with van der Waals surface area (Å²) in [6.45, 7) is 5.66. The highest BCUT2D eigenvalue weighted by molar-refractivity contribution is 6.08. The third-order valence-corrected chi connectivity index (χ3v) is 3.22. The molecule has 6 nitrogen and oxygen atoms in total. The molecule has 4 amide bonds. The highest BCUT2D eigenvalue weighted by Crippen LogP contribution is 2.20. The van der Waals surface area contributed by atoms with Crippen LogP contribution in [0.1, 0.15) is 33.6 Å². The smallest absolute Gasteiger partial charge is 0.325 e. The Morgan fingerprint density at radius 1 is 1.47 bits per heavy atom. The van der Waals surface area contributed by atoms with Gasteiger partial charge in [-0.1, -0.05) is 19.1 Å². The van der Waals surface area contributed by atoms with Crippen molar-refractivity contribution in [1.29, 1.82) is 0 Å². The number of nitrogens with one attached hydrogen (secondary N) is 2. The molecule has 1 saturated heterocycles. The lowest BCUT2D eigenvalue weighted by atomic mass is 9.99. The molecule has 1 fully saturated rings. The Morgan fingerprint density at radius 2 is 2.16 bits per heavy atom. The molecular formula is C13H21N3O3. The number of nitrogens with zero attached hydrogens (tertiary/aromatic N) is 1. The van der Waals surface area contributed by atoms with Crippen molar-refractivity contribution < 1.29 is 14.4 Å². The molecular weight excluding hydrogens is 246 g/mol. The third kappa shape index (κ3) is 3.56. The summed E-state index contributed by atoms with van der Waals surface area (Å²) in [7, 11) is 0. The normalized spacial score (nSPS) is 23.0. The molecule has 0 spiro atoms. The highest BCUT2D eigenvalue weighted by atomic mass is 16.2. The van der Waals surface area contributed by atoms with Gasteiger partial charge in [0.2, 0.25) is 5.91 Å². The van der Waals surface area contributed by atoms with Crippen molar-refractivity contribution in [3.63, 3.8) is 0 Å². The van der Waals surface area contributed by atoms with Gasteiger partial charge in [0.1, 0.15) is 12.1 Å². The minimum atomic E-state index is -0.887. The first-order valence-electron chi connectivity index (χ1n) is 6.46. The Kier molecular flexibility index (Phi) is 5.09. The summed E-state index contributed by atoms with van der Waals surface area (Å²) in [6, 6.07) is -0.502. The van der Waals surface area contributed by atoms with Crippen molar-refractivity contribution in [2.24, 2.45) is 0 Å². The number of allylic oxidation sites excluding steroid dienone is 1. The molecule has 2 N–H and O–H groups in total. The zero-order valence-electron chi connectivity index (χ0n) is 11.7. The SMILES string of the molecule is C/C=C/CCNC(=O)CN1C(=O)NC(C)(CC)C1=O. The number of urea groups is 1. The molecule has 1 heterocycles. The van der Waals surface area contributed by atoms with Crippen LogP contribution in [0.15, 0.2) is 12.2 Å². The zero-order chi connectivity index (χ0) is 14.5. The predicted octanol–water partition coefficient (Wildman–Crippen LogP) is 0.789. The Balaban J connectivity index is 2.51. The third-order valence-electron chi connectivity index (χ3n) is 3.22. The van der Waals surface area contributed by atoms with Crippen LogP contribution >= 0.6 is 0 Å². The molecule has 1 aliphatic rings. The van der Waals surface area contributed by atoms with Crippen molar-refractivity contribution in [1.82, 2.24) is 15.5 Å². The van der Waals surface area contributed by atoms with E-state index in [9.17, 15) is 14.4 Å². The van der Waals surface area contributed by atoms with E-state index in [0.29, 0.717) is 13.0 Å². The minimum Gasteiger partial charge on any atom is -0.354 e. The molecule has 6 heteroatoms. The summed E-state index contributed by atoms with van der Waals surface area (Å²) in [4.78, 5) is 36.3. The van der Waals surface area contributed by atoms with Crippen molar-refractivity contribution in [3.05, 3.63) is 12.2 Å². The first kappa shape index (κ1) is 15.2. The second-order valence-corrected chi connectivity index (χ2v) is 4.71. The van der Waals surface area contributed by atoms with E-state index in [4.69, 9.17) is 0 Å². The van der Waals surface area contributed by atoms with Gasteiger partial charge < -0.3 is 10.6 Å². The maximum atomic E-state index is 12.0. The molecule has 106 valence electrons. The van der Waals surface area contributed by atoms with Crippen LogP contribution < -0.4 is 10.6 Å². The standard InChI is InChI=1S/C13H21N3O3/c1-4-6-7-8-14-10(17)9-16-11(18)13(3,5-2)15-12(16)19/h4,6H,5,7-9H2,1-3H3,(H,14,17)(H,15,19)/b6-4+. The topological polar surface area (TPSA) is 78.5 Å². The van der Waals surface area contributed by atoms with Gasteiger partial charge in [-0.15, -0.1) is 0 Å². The van der Waals surface area contributed by atoms with E-state index in [1.807, 2.05) is 26.0 Å². The van der Waals surface area contributed by atoms with Gasteiger partial charge in [0.05, 0.1) is 0 Å². The van der Waals surface area contributed by atoms with Gasteiger partial charge in [0, 0.05) is 6.54 Å². The Hall–Kier alpha value is -1.85. The molecule has 0 bridgehead atoms. The van der Waals surface area contributed by atoms with E-state index in [0.717, 1.165) is 11.3 Å². The van der Waals surface area contributed by atoms with Crippen molar-refractivity contribution in [2.45, 2.75) is 39.2 Å². The fourth-order valence-electron chi connectivity index (χ4n) is 1.79. The summed E-state index contributed by atoms with van der Waals surface area (Å²) in [5.41, 5.74) is -0.887. The van der Waals surface area contributed by atoms with Crippen molar-refractivity contribution >= 4 is 17.8 Å². The van der Waals surface area contributed by atoms with Crippen molar-refractivity contribution in [2.75, 3.05) is 13.1 Å². The summed E-state index contributed by atoms with van der Waals surface area (Å²) in [5.74, 6) is -0.669. The fourth-order valence-corrected chi connectivity index (χ4v) is 1.79. The van der Waals surface area contributed by atoms with Crippen LogP contribution in [0.5, 0.6) is 0 Å². The first-order chi connectivity index (χ1) is 8.94. The second-order valence-electron chi connectivity index (χ2n) is 4.71. The van der Waals surface area contributed by atoms with E-state index in [2.05, 4.69) is 10.6 Å². The number of rotatable bonds is 6. The minimum absolute atomic E-state index is 0.226. The van der Waals surface area contributed by atoms with Crippen LogP contribution in [0.4, 0.5) is 4.79 Å². The molecule has 0 aromatic rings. The van der Waals surface area contributed by atoms with Gasteiger partial charge in [-0.2, -0.15) is 0 Å². The molecule has 0 radical (unpaired) electrons. The average Bonchev–Trinajstić information content (AvgIpc) is 2.59. The second kappa shape index (κ2) is 6.36. The molecule has 0 aromatic heterocycles. The van der Waals surface area contributed by atoms with Gasteiger partial charge in [0.15, 0.2) is 0 Å². The summed E-state index contributed by atoms with van der Waals surface area (Å²) < 4.78 is 0. The number of carbonyl (C=O) groups excluding carboxylic acids is 3. The van der Waals surface area contributed by atoms with Crippen molar-refractivity contribution in [3.8, 4) is 0 Å². The number of imide groups is 1. The Bertz CT molecular complexity index is 406.